The molecule has 0 fully saturated rings. The summed E-state index contributed by atoms with van der Waals surface area (Å²) in [5.74, 6) is -2.62. The second-order valence-corrected chi connectivity index (χ2v) is 5.15. The van der Waals surface area contributed by atoms with Gasteiger partial charge in [0.1, 0.15) is 10.9 Å². The zero-order chi connectivity index (χ0) is 12.9. The molecule has 0 aromatic rings. The van der Waals surface area contributed by atoms with Crippen molar-refractivity contribution in [1.29, 1.82) is 0 Å². The van der Waals surface area contributed by atoms with Gasteiger partial charge < -0.3 is 14.9 Å². The summed E-state index contributed by atoms with van der Waals surface area (Å²) >= 11 is 0.367. The maximum atomic E-state index is 11.2. The molecule has 92 valence electrons. The molecule has 0 heterocycles. The molecule has 7 heteroatoms. The topological polar surface area (TPSA) is 101 Å². The number of ether oxygens (including phenoxy) is 1. The summed E-state index contributed by atoms with van der Waals surface area (Å²) in [6.45, 7) is 4.91. The predicted molar refractivity (Wildman–Crippen MR) is 57.5 cm³/mol. The van der Waals surface area contributed by atoms with Crippen LogP contribution < -0.4 is 0 Å². The first-order chi connectivity index (χ1) is 7.11. The van der Waals surface area contributed by atoms with Gasteiger partial charge in [0.15, 0.2) is 0 Å². The number of carbonyl (C=O) groups excluding carboxylic acids is 1. The molecule has 2 N–H and O–H groups in total. The molecule has 0 aromatic heterocycles. The van der Waals surface area contributed by atoms with Gasteiger partial charge in [-0.15, -0.1) is 0 Å². The fourth-order valence-corrected chi connectivity index (χ4v) is 1.59. The Bertz CT molecular complexity index is 293. The van der Waals surface area contributed by atoms with Crippen molar-refractivity contribution in [3.05, 3.63) is 0 Å². The van der Waals surface area contributed by atoms with Gasteiger partial charge in [-0.1, -0.05) is 0 Å². The third-order valence-corrected chi connectivity index (χ3v) is 2.19. The second kappa shape index (κ2) is 5.74. The Hall–Kier alpha value is -1.24. The van der Waals surface area contributed by atoms with Crippen LogP contribution in [0.3, 0.4) is 0 Å². The lowest BCUT2D eigenvalue weighted by Gasteiger charge is -2.19. The van der Waals surface area contributed by atoms with E-state index in [-0.39, 0.29) is 0 Å². The van der Waals surface area contributed by atoms with Crippen LogP contribution in [0.4, 0.5) is 4.79 Å². The Morgan fingerprint density at radius 1 is 1.25 bits per heavy atom. The van der Waals surface area contributed by atoms with E-state index >= 15 is 0 Å². The van der Waals surface area contributed by atoms with Gasteiger partial charge in [-0.3, -0.25) is 9.59 Å². The summed E-state index contributed by atoms with van der Waals surface area (Å²) in [4.78, 5) is 32.2. The first-order valence-electron chi connectivity index (χ1n) is 4.46. The van der Waals surface area contributed by atoms with Crippen molar-refractivity contribution in [3.63, 3.8) is 0 Å². The fraction of sp³-hybridized carbons (Fsp3) is 0.667. The van der Waals surface area contributed by atoms with E-state index in [1.54, 1.807) is 20.8 Å². The second-order valence-electron chi connectivity index (χ2n) is 4.01. The average Bonchev–Trinajstić information content (AvgIpc) is 1.97. The van der Waals surface area contributed by atoms with E-state index in [1.165, 1.54) is 0 Å². The number of rotatable bonds is 4. The molecule has 0 aliphatic heterocycles. The van der Waals surface area contributed by atoms with Crippen LogP contribution in [0.2, 0.25) is 0 Å². The van der Waals surface area contributed by atoms with E-state index in [0.717, 1.165) is 0 Å². The van der Waals surface area contributed by atoms with Crippen LogP contribution in [0.15, 0.2) is 0 Å². The molecular formula is C9H14O6S. The minimum atomic E-state index is -1.35. The minimum absolute atomic E-state index is 0.367. The first kappa shape index (κ1) is 14.8. The SMILES string of the molecule is CC(C)(C)OC(=O)SC(CC(=O)O)C(=O)O. The Kier molecular flexibility index (Phi) is 5.29. The molecule has 16 heavy (non-hydrogen) atoms. The Morgan fingerprint density at radius 3 is 2.06 bits per heavy atom. The zero-order valence-electron chi connectivity index (χ0n) is 9.22. The van der Waals surface area contributed by atoms with E-state index in [2.05, 4.69) is 0 Å². The quantitative estimate of drug-likeness (QED) is 0.730. The summed E-state index contributed by atoms with van der Waals surface area (Å²) in [5.41, 5.74) is -0.726. The lowest BCUT2D eigenvalue weighted by atomic mass is 10.2. The number of carboxylic acid groups (broad SMARTS) is 2. The Labute approximate surface area is 97.0 Å². The zero-order valence-corrected chi connectivity index (χ0v) is 10.0. The van der Waals surface area contributed by atoms with Crippen molar-refractivity contribution < 1.29 is 29.3 Å². The van der Waals surface area contributed by atoms with Crippen LogP contribution >= 0.6 is 11.8 Å². The smallest absolute Gasteiger partial charge is 0.368 e. The Morgan fingerprint density at radius 2 is 1.75 bits per heavy atom. The van der Waals surface area contributed by atoms with Crippen molar-refractivity contribution in [1.82, 2.24) is 0 Å². The number of aliphatic carboxylic acids is 2. The Balaban J connectivity index is 4.35. The van der Waals surface area contributed by atoms with Crippen LogP contribution in [-0.2, 0) is 14.3 Å². The molecule has 1 atom stereocenters. The fourth-order valence-electron chi connectivity index (χ4n) is 0.728. The molecule has 0 bridgehead atoms. The lowest BCUT2D eigenvalue weighted by molar-refractivity contribution is -0.142. The third-order valence-electron chi connectivity index (χ3n) is 1.26. The summed E-state index contributed by atoms with van der Waals surface area (Å²) in [6, 6.07) is 0. The van der Waals surface area contributed by atoms with Gasteiger partial charge in [0.05, 0.1) is 6.42 Å². The maximum absolute atomic E-state index is 11.2. The number of hydrogen-bond acceptors (Lipinski definition) is 5. The molecule has 0 saturated carbocycles. The van der Waals surface area contributed by atoms with Gasteiger partial charge in [0.2, 0.25) is 0 Å². The van der Waals surface area contributed by atoms with Crippen molar-refractivity contribution in [3.8, 4) is 0 Å². The van der Waals surface area contributed by atoms with Gasteiger partial charge in [0, 0.05) is 0 Å². The third kappa shape index (κ3) is 7.10. The normalized spacial score (nSPS) is 12.9. The molecule has 0 radical (unpaired) electrons. The van der Waals surface area contributed by atoms with Crippen molar-refractivity contribution in [2.24, 2.45) is 0 Å². The van der Waals surface area contributed by atoms with Crippen LogP contribution in [0, 0.1) is 0 Å². The summed E-state index contributed by atoms with van der Waals surface area (Å²) in [6.07, 6.45) is -0.626. The molecule has 0 spiro atoms. The largest absolute Gasteiger partial charge is 0.481 e. The van der Waals surface area contributed by atoms with Crippen LogP contribution in [-0.4, -0.2) is 38.3 Å². The number of hydrogen-bond donors (Lipinski definition) is 2. The van der Waals surface area contributed by atoms with Crippen LogP contribution in [0.5, 0.6) is 0 Å². The molecule has 0 aliphatic rings. The molecule has 6 nitrogen and oxygen atoms in total. The van der Waals surface area contributed by atoms with Crippen LogP contribution in [0.25, 0.3) is 0 Å². The number of carboxylic acids is 2. The molecule has 0 aromatic carbocycles. The van der Waals surface area contributed by atoms with Gasteiger partial charge in [-0.2, -0.15) is 0 Å². The molecule has 0 rings (SSSR count). The summed E-state index contributed by atoms with van der Waals surface area (Å²) in [7, 11) is 0. The molecular weight excluding hydrogens is 236 g/mol. The molecule has 0 aliphatic carbocycles. The maximum Gasteiger partial charge on any atom is 0.368 e. The highest BCUT2D eigenvalue weighted by atomic mass is 32.2. The summed E-state index contributed by atoms with van der Waals surface area (Å²) in [5, 5.41) is 15.0. The minimum Gasteiger partial charge on any atom is -0.481 e. The van der Waals surface area contributed by atoms with E-state index in [4.69, 9.17) is 14.9 Å². The summed E-state index contributed by atoms with van der Waals surface area (Å²) < 4.78 is 4.87. The molecule has 0 amide bonds. The monoisotopic (exact) mass is 250 g/mol. The predicted octanol–water partition coefficient (Wildman–Crippen LogP) is 1.58. The van der Waals surface area contributed by atoms with E-state index < -0.39 is 34.5 Å². The number of thioether (sulfide) groups is 1. The lowest BCUT2D eigenvalue weighted by Crippen LogP contribution is -2.26. The number of carbonyl (C=O) groups is 3. The van der Waals surface area contributed by atoms with Gasteiger partial charge in [-0.25, -0.2) is 4.79 Å². The molecule has 1 unspecified atom stereocenters. The van der Waals surface area contributed by atoms with E-state index in [0.29, 0.717) is 11.8 Å². The van der Waals surface area contributed by atoms with Crippen molar-refractivity contribution >= 4 is 29.0 Å². The molecule has 0 saturated heterocycles. The first-order valence-corrected chi connectivity index (χ1v) is 5.34. The van der Waals surface area contributed by atoms with Crippen molar-refractivity contribution in [2.75, 3.05) is 0 Å². The van der Waals surface area contributed by atoms with E-state index in [1.807, 2.05) is 0 Å². The standard InChI is InChI=1S/C9H14O6S/c1-9(2,3)15-8(14)16-5(7(12)13)4-6(10)11/h5H,4H2,1-3H3,(H,10,11)(H,12,13). The van der Waals surface area contributed by atoms with Crippen molar-refractivity contribution in [2.45, 2.75) is 38.0 Å². The van der Waals surface area contributed by atoms with Crippen LogP contribution in [0.1, 0.15) is 27.2 Å². The highest BCUT2D eigenvalue weighted by Crippen LogP contribution is 2.21. The van der Waals surface area contributed by atoms with Gasteiger partial charge in [-0.05, 0) is 32.5 Å². The highest BCUT2D eigenvalue weighted by molar-refractivity contribution is 8.14. The van der Waals surface area contributed by atoms with Gasteiger partial charge >= 0.3 is 17.2 Å². The van der Waals surface area contributed by atoms with Gasteiger partial charge in [0.25, 0.3) is 0 Å². The average molecular weight is 250 g/mol. The highest BCUT2D eigenvalue weighted by Gasteiger charge is 2.27. The van der Waals surface area contributed by atoms with E-state index in [9.17, 15) is 14.4 Å².